The van der Waals surface area contributed by atoms with Gasteiger partial charge < -0.3 is 10.6 Å². The highest BCUT2D eigenvalue weighted by Gasteiger charge is 2.17. The molecule has 0 spiro atoms. The molecule has 1 rings (SSSR count). The third kappa shape index (κ3) is 3.32. The van der Waals surface area contributed by atoms with Gasteiger partial charge in [-0.25, -0.2) is 0 Å². The molecule has 0 aliphatic heterocycles. The van der Waals surface area contributed by atoms with Crippen molar-refractivity contribution in [3.05, 3.63) is 23.2 Å². The summed E-state index contributed by atoms with van der Waals surface area (Å²) in [5.74, 6) is 0.0688. The number of carbonyl (C=O) groups is 1. The lowest BCUT2D eigenvalue weighted by Crippen LogP contribution is -2.29. The van der Waals surface area contributed by atoms with Gasteiger partial charge in [0.15, 0.2) is 0 Å². The van der Waals surface area contributed by atoms with E-state index in [0.29, 0.717) is 10.7 Å². The number of hydrogen-bond acceptors (Lipinski definition) is 3. The Hall–Kier alpha value is -0.870. The summed E-state index contributed by atoms with van der Waals surface area (Å²) in [5, 5.41) is 0.451. The van der Waals surface area contributed by atoms with E-state index in [4.69, 9.17) is 17.3 Å². The minimum atomic E-state index is -0.154. The predicted octanol–water partition coefficient (Wildman–Crippen LogP) is 2.49. The molecule has 0 aromatic heterocycles. The molecule has 0 fully saturated rings. The molecular weight excluding hydrogens is 244 g/mol. The molecule has 3 nitrogen and oxygen atoms in total. The van der Waals surface area contributed by atoms with Crippen molar-refractivity contribution in [3.8, 4) is 0 Å². The number of nitrogens with two attached hydrogens (primary N) is 1. The van der Waals surface area contributed by atoms with Crippen LogP contribution in [0.4, 0.5) is 5.69 Å². The van der Waals surface area contributed by atoms with Gasteiger partial charge >= 0.3 is 0 Å². The zero-order valence-electron chi connectivity index (χ0n) is 9.53. The van der Waals surface area contributed by atoms with Crippen molar-refractivity contribution in [2.24, 2.45) is 0 Å². The standard InChI is InChI=1S/C11H15ClN2OS/c1-7(11(15)14(2)3)16-10-5-4-8(12)6-9(10)13/h4-7H,13H2,1-3H3. The van der Waals surface area contributed by atoms with Crippen molar-refractivity contribution < 1.29 is 4.79 Å². The third-order valence-corrected chi connectivity index (χ3v) is 3.48. The van der Waals surface area contributed by atoms with E-state index >= 15 is 0 Å². The number of halogens is 1. The second-order valence-electron chi connectivity index (χ2n) is 3.67. The van der Waals surface area contributed by atoms with Crippen LogP contribution in [0, 0.1) is 0 Å². The lowest BCUT2D eigenvalue weighted by atomic mass is 10.3. The maximum Gasteiger partial charge on any atom is 0.235 e. The number of rotatable bonds is 3. The second kappa shape index (κ2) is 5.46. The van der Waals surface area contributed by atoms with Gasteiger partial charge in [0.2, 0.25) is 5.91 Å². The zero-order chi connectivity index (χ0) is 12.3. The highest BCUT2D eigenvalue weighted by atomic mass is 35.5. The maximum atomic E-state index is 11.7. The molecule has 0 bridgehead atoms. The van der Waals surface area contributed by atoms with Gasteiger partial charge in [-0.3, -0.25) is 4.79 Å². The number of amides is 1. The van der Waals surface area contributed by atoms with Gasteiger partial charge in [0.1, 0.15) is 0 Å². The summed E-state index contributed by atoms with van der Waals surface area (Å²) < 4.78 is 0. The first-order chi connectivity index (χ1) is 7.41. The summed E-state index contributed by atoms with van der Waals surface area (Å²) >= 11 is 7.24. The lowest BCUT2D eigenvalue weighted by Gasteiger charge is -2.17. The van der Waals surface area contributed by atoms with E-state index in [1.165, 1.54) is 11.8 Å². The van der Waals surface area contributed by atoms with Crippen molar-refractivity contribution in [2.45, 2.75) is 17.1 Å². The summed E-state index contributed by atoms with van der Waals surface area (Å²) in [4.78, 5) is 14.1. The molecule has 0 radical (unpaired) electrons. The normalized spacial score (nSPS) is 12.2. The predicted molar refractivity (Wildman–Crippen MR) is 69.9 cm³/mol. The van der Waals surface area contributed by atoms with Crippen LogP contribution in [0.5, 0.6) is 0 Å². The van der Waals surface area contributed by atoms with Crippen molar-refractivity contribution >= 4 is 35.0 Å². The van der Waals surface area contributed by atoms with Gasteiger partial charge in [0, 0.05) is 29.7 Å². The maximum absolute atomic E-state index is 11.7. The van der Waals surface area contributed by atoms with Gasteiger partial charge in [0.05, 0.1) is 5.25 Å². The smallest absolute Gasteiger partial charge is 0.235 e. The molecule has 0 heterocycles. The number of carbonyl (C=O) groups excluding carboxylic acids is 1. The van der Waals surface area contributed by atoms with Crippen LogP contribution >= 0.6 is 23.4 Å². The van der Waals surface area contributed by atoms with Crippen LogP contribution in [0.2, 0.25) is 5.02 Å². The van der Waals surface area contributed by atoms with Crippen LogP contribution in [0.15, 0.2) is 23.1 Å². The fourth-order valence-corrected chi connectivity index (χ4v) is 2.45. The summed E-state index contributed by atoms with van der Waals surface area (Å²) in [6.07, 6.45) is 0. The first kappa shape index (κ1) is 13.2. The number of nitrogen functional groups attached to an aromatic ring is 1. The van der Waals surface area contributed by atoms with E-state index in [1.54, 1.807) is 31.1 Å². The van der Waals surface area contributed by atoms with Crippen LogP contribution < -0.4 is 5.73 Å². The molecule has 0 aliphatic rings. The van der Waals surface area contributed by atoms with E-state index in [9.17, 15) is 4.79 Å². The van der Waals surface area contributed by atoms with Gasteiger partial charge in [-0.05, 0) is 25.1 Å². The fourth-order valence-electron chi connectivity index (χ4n) is 1.23. The van der Waals surface area contributed by atoms with Crippen molar-refractivity contribution in [2.75, 3.05) is 19.8 Å². The summed E-state index contributed by atoms with van der Waals surface area (Å²) in [7, 11) is 3.48. The minimum Gasteiger partial charge on any atom is -0.398 e. The number of benzene rings is 1. The largest absolute Gasteiger partial charge is 0.398 e. The first-order valence-corrected chi connectivity index (χ1v) is 6.10. The van der Waals surface area contributed by atoms with Gasteiger partial charge in [0.25, 0.3) is 0 Å². The average molecular weight is 259 g/mol. The number of thioether (sulfide) groups is 1. The van der Waals surface area contributed by atoms with E-state index in [1.807, 2.05) is 13.0 Å². The Bertz CT molecular complexity index is 396. The molecule has 0 aliphatic carbocycles. The van der Waals surface area contributed by atoms with Crippen LogP contribution in [0.1, 0.15) is 6.92 Å². The zero-order valence-corrected chi connectivity index (χ0v) is 11.1. The van der Waals surface area contributed by atoms with Crippen LogP contribution in [-0.2, 0) is 4.79 Å². The van der Waals surface area contributed by atoms with Crippen molar-refractivity contribution in [3.63, 3.8) is 0 Å². The molecule has 88 valence electrons. The Morgan fingerprint density at radius 1 is 1.50 bits per heavy atom. The number of nitrogens with zero attached hydrogens (tertiary/aromatic N) is 1. The number of anilines is 1. The Morgan fingerprint density at radius 3 is 2.62 bits per heavy atom. The van der Waals surface area contributed by atoms with Crippen LogP contribution in [0.25, 0.3) is 0 Å². The van der Waals surface area contributed by atoms with Gasteiger partial charge in [-0.1, -0.05) is 11.6 Å². The topological polar surface area (TPSA) is 46.3 Å². The van der Waals surface area contributed by atoms with E-state index < -0.39 is 0 Å². The minimum absolute atomic E-state index is 0.0688. The molecule has 16 heavy (non-hydrogen) atoms. The van der Waals surface area contributed by atoms with E-state index in [0.717, 1.165) is 4.90 Å². The first-order valence-electron chi connectivity index (χ1n) is 4.84. The molecule has 5 heteroatoms. The Morgan fingerprint density at radius 2 is 2.12 bits per heavy atom. The molecule has 1 atom stereocenters. The fraction of sp³-hybridized carbons (Fsp3) is 0.364. The average Bonchev–Trinajstić information content (AvgIpc) is 2.20. The second-order valence-corrected chi connectivity index (χ2v) is 5.49. The Labute approximate surface area is 105 Å². The number of hydrogen-bond donors (Lipinski definition) is 1. The monoisotopic (exact) mass is 258 g/mol. The van der Waals surface area contributed by atoms with Crippen LogP contribution in [0.3, 0.4) is 0 Å². The van der Waals surface area contributed by atoms with Gasteiger partial charge in [-0.2, -0.15) is 0 Å². The summed E-state index contributed by atoms with van der Waals surface area (Å²) in [6.45, 7) is 1.86. The van der Waals surface area contributed by atoms with E-state index in [2.05, 4.69) is 0 Å². The highest BCUT2D eigenvalue weighted by Crippen LogP contribution is 2.31. The van der Waals surface area contributed by atoms with E-state index in [-0.39, 0.29) is 11.2 Å². The SMILES string of the molecule is CC(Sc1ccc(Cl)cc1N)C(=O)N(C)C. The third-order valence-electron chi connectivity index (χ3n) is 2.06. The van der Waals surface area contributed by atoms with Crippen LogP contribution in [-0.4, -0.2) is 30.2 Å². The molecule has 1 unspecified atom stereocenters. The Balaban J connectivity index is 2.77. The molecule has 0 saturated heterocycles. The molecular formula is C11H15ClN2OS. The van der Waals surface area contributed by atoms with Gasteiger partial charge in [-0.15, -0.1) is 11.8 Å². The Kier molecular flexibility index (Phi) is 4.50. The molecule has 1 aromatic rings. The quantitative estimate of drug-likeness (QED) is 0.669. The summed E-state index contributed by atoms with van der Waals surface area (Å²) in [6, 6.07) is 5.30. The van der Waals surface area contributed by atoms with Crippen molar-refractivity contribution in [1.29, 1.82) is 0 Å². The van der Waals surface area contributed by atoms with Crippen molar-refractivity contribution in [1.82, 2.24) is 4.90 Å². The molecule has 0 saturated carbocycles. The lowest BCUT2D eigenvalue weighted by molar-refractivity contribution is -0.127. The summed E-state index contributed by atoms with van der Waals surface area (Å²) in [5.41, 5.74) is 6.42. The highest BCUT2D eigenvalue weighted by molar-refractivity contribution is 8.00. The molecule has 1 aromatic carbocycles. The molecule has 1 amide bonds. The molecule has 2 N–H and O–H groups in total.